The number of hydrogen-bond acceptors (Lipinski definition) is 2. The van der Waals surface area contributed by atoms with E-state index < -0.39 is 0 Å². The fraction of sp³-hybridized carbons (Fsp3) is 0.588. The van der Waals surface area contributed by atoms with Crippen molar-refractivity contribution in [1.29, 1.82) is 0 Å². The summed E-state index contributed by atoms with van der Waals surface area (Å²) in [5, 5.41) is 3.43. The van der Waals surface area contributed by atoms with Crippen molar-refractivity contribution >= 4 is 5.91 Å². The predicted molar refractivity (Wildman–Crippen MR) is 80.6 cm³/mol. The van der Waals surface area contributed by atoms with Crippen molar-refractivity contribution < 1.29 is 4.79 Å². The van der Waals surface area contributed by atoms with Gasteiger partial charge in [-0.15, -0.1) is 0 Å². The van der Waals surface area contributed by atoms with Gasteiger partial charge in [-0.25, -0.2) is 0 Å². The molecule has 1 amide bonds. The van der Waals surface area contributed by atoms with Gasteiger partial charge in [0.25, 0.3) is 0 Å². The number of carbonyl (C=O) groups is 1. The fourth-order valence-electron chi connectivity index (χ4n) is 3.50. The minimum atomic E-state index is 0.229. The average molecular weight is 272 g/mol. The Bertz CT molecular complexity index is 459. The SMILES string of the molecule is CC1CC(C(=O)N2CCc3ccccc3CC2)CCN1. The smallest absolute Gasteiger partial charge is 0.225 e. The van der Waals surface area contributed by atoms with Gasteiger partial charge in [-0.3, -0.25) is 4.79 Å². The second-order valence-corrected chi connectivity index (χ2v) is 6.17. The zero-order chi connectivity index (χ0) is 13.9. The normalized spacial score (nSPS) is 26.8. The molecule has 1 fully saturated rings. The van der Waals surface area contributed by atoms with Gasteiger partial charge >= 0.3 is 0 Å². The lowest BCUT2D eigenvalue weighted by Crippen LogP contribution is -2.44. The highest BCUT2D eigenvalue weighted by Gasteiger charge is 2.29. The molecule has 1 aromatic carbocycles. The third kappa shape index (κ3) is 2.88. The van der Waals surface area contributed by atoms with E-state index in [2.05, 4.69) is 41.4 Å². The van der Waals surface area contributed by atoms with E-state index in [1.165, 1.54) is 11.1 Å². The van der Waals surface area contributed by atoms with Gasteiger partial charge in [-0.05, 0) is 50.3 Å². The van der Waals surface area contributed by atoms with E-state index in [1.54, 1.807) is 0 Å². The highest BCUT2D eigenvalue weighted by atomic mass is 16.2. The molecule has 2 aliphatic rings. The highest BCUT2D eigenvalue weighted by molar-refractivity contribution is 5.79. The topological polar surface area (TPSA) is 32.3 Å². The molecule has 2 atom stereocenters. The molecule has 2 aliphatic heterocycles. The summed E-state index contributed by atoms with van der Waals surface area (Å²) >= 11 is 0. The van der Waals surface area contributed by atoms with Crippen LogP contribution in [-0.4, -0.2) is 36.5 Å². The van der Waals surface area contributed by atoms with Crippen LogP contribution in [-0.2, 0) is 17.6 Å². The Morgan fingerprint density at radius 3 is 2.45 bits per heavy atom. The van der Waals surface area contributed by atoms with Crippen LogP contribution in [0.3, 0.4) is 0 Å². The molecule has 0 saturated carbocycles. The molecule has 0 aliphatic carbocycles. The zero-order valence-corrected chi connectivity index (χ0v) is 12.3. The van der Waals surface area contributed by atoms with E-state index in [9.17, 15) is 4.79 Å². The molecule has 1 N–H and O–H groups in total. The number of hydrogen-bond donors (Lipinski definition) is 1. The number of nitrogens with zero attached hydrogens (tertiary/aromatic N) is 1. The summed E-state index contributed by atoms with van der Waals surface area (Å²) in [6, 6.07) is 9.09. The Morgan fingerprint density at radius 2 is 1.85 bits per heavy atom. The fourth-order valence-corrected chi connectivity index (χ4v) is 3.50. The number of nitrogens with one attached hydrogen (secondary N) is 1. The number of rotatable bonds is 1. The standard InChI is InChI=1S/C17H24N2O/c1-13-12-16(6-9-18-13)17(20)19-10-7-14-4-2-3-5-15(14)8-11-19/h2-5,13,16,18H,6-12H2,1H3. The van der Waals surface area contributed by atoms with E-state index in [-0.39, 0.29) is 5.92 Å². The lowest BCUT2D eigenvalue weighted by atomic mass is 9.92. The molecule has 3 nitrogen and oxygen atoms in total. The molecule has 0 aromatic heterocycles. The zero-order valence-electron chi connectivity index (χ0n) is 12.3. The van der Waals surface area contributed by atoms with Gasteiger partial charge in [0.05, 0.1) is 0 Å². The summed E-state index contributed by atoms with van der Waals surface area (Å²) in [5.74, 6) is 0.610. The Morgan fingerprint density at radius 1 is 1.20 bits per heavy atom. The maximum Gasteiger partial charge on any atom is 0.225 e. The average Bonchev–Trinajstić information content (AvgIpc) is 2.69. The molecule has 0 radical (unpaired) electrons. The Kier molecular flexibility index (Phi) is 4.06. The number of fused-ring (bicyclic) bond motifs is 1. The lowest BCUT2D eigenvalue weighted by Gasteiger charge is -2.31. The molecule has 3 rings (SSSR count). The molecule has 2 unspecified atom stereocenters. The van der Waals surface area contributed by atoms with Crippen molar-refractivity contribution in [2.45, 2.75) is 38.6 Å². The number of benzene rings is 1. The van der Waals surface area contributed by atoms with Crippen molar-refractivity contribution in [2.75, 3.05) is 19.6 Å². The van der Waals surface area contributed by atoms with Crippen LogP contribution in [0.15, 0.2) is 24.3 Å². The highest BCUT2D eigenvalue weighted by Crippen LogP contribution is 2.22. The van der Waals surface area contributed by atoms with E-state index in [1.807, 2.05) is 0 Å². The largest absolute Gasteiger partial charge is 0.342 e. The van der Waals surface area contributed by atoms with E-state index in [4.69, 9.17) is 0 Å². The van der Waals surface area contributed by atoms with Crippen LogP contribution in [0.2, 0.25) is 0 Å². The second kappa shape index (κ2) is 5.96. The molecule has 0 bridgehead atoms. The first-order valence-electron chi connectivity index (χ1n) is 7.83. The maximum absolute atomic E-state index is 12.7. The second-order valence-electron chi connectivity index (χ2n) is 6.17. The van der Waals surface area contributed by atoms with E-state index >= 15 is 0 Å². The van der Waals surface area contributed by atoms with Gasteiger partial charge in [0.15, 0.2) is 0 Å². The molecule has 0 spiro atoms. The van der Waals surface area contributed by atoms with Gasteiger partial charge in [-0.1, -0.05) is 24.3 Å². The molecule has 1 aromatic rings. The van der Waals surface area contributed by atoms with Crippen molar-refractivity contribution in [2.24, 2.45) is 5.92 Å². The van der Waals surface area contributed by atoms with Crippen LogP contribution in [0, 0.1) is 5.92 Å². The van der Waals surface area contributed by atoms with Crippen LogP contribution >= 0.6 is 0 Å². The first-order chi connectivity index (χ1) is 9.74. The van der Waals surface area contributed by atoms with Crippen molar-refractivity contribution in [3.05, 3.63) is 35.4 Å². The number of piperidine rings is 1. The molecule has 3 heteroatoms. The predicted octanol–water partition coefficient (Wildman–Crippen LogP) is 2.00. The Labute approximate surface area is 121 Å². The Hall–Kier alpha value is -1.35. The summed E-state index contributed by atoms with van der Waals surface area (Å²) in [7, 11) is 0. The van der Waals surface area contributed by atoms with Crippen molar-refractivity contribution in [3.8, 4) is 0 Å². The minimum Gasteiger partial charge on any atom is -0.342 e. The van der Waals surface area contributed by atoms with Crippen LogP contribution in [0.4, 0.5) is 0 Å². The molecular formula is C17H24N2O. The first-order valence-corrected chi connectivity index (χ1v) is 7.83. The van der Waals surface area contributed by atoms with Gasteiger partial charge < -0.3 is 10.2 Å². The number of amides is 1. The Balaban J connectivity index is 1.65. The lowest BCUT2D eigenvalue weighted by molar-refractivity contribution is -0.136. The molecule has 20 heavy (non-hydrogen) atoms. The monoisotopic (exact) mass is 272 g/mol. The van der Waals surface area contributed by atoms with Crippen molar-refractivity contribution in [3.63, 3.8) is 0 Å². The molecule has 2 heterocycles. The van der Waals surface area contributed by atoms with Crippen LogP contribution in [0.5, 0.6) is 0 Å². The van der Waals surface area contributed by atoms with Gasteiger partial charge in [0, 0.05) is 25.0 Å². The molecular weight excluding hydrogens is 248 g/mol. The van der Waals surface area contributed by atoms with Crippen LogP contribution in [0.1, 0.15) is 30.9 Å². The van der Waals surface area contributed by atoms with Crippen LogP contribution < -0.4 is 5.32 Å². The quantitative estimate of drug-likeness (QED) is 0.848. The van der Waals surface area contributed by atoms with Crippen LogP contribution in [0.25, 0.3) is 0 Å². The van der Waals surface area contributed by atoms with Gasteiger partial charge in [0.2, 0.25) is 5.91 Å². The van der Waals surface area contributed by atoms with Gasteiger partial charge in [0.1, 0.15) is 0 Å². The summed E-state index contributed by atoms with van der Waals surface area (Å²) in [6.07, 6.45) is 3.99. The third-order valence-corrected chi connectivity index (χ3v) is 4.71. The summed E-state index contributed by atoms with van der Waals surface area (Å²) in [4.78, 5) is 14.8. The summed E-state index contributed by atoms with van der Waals surface area (Å²) in [5.41, 5.74) is 2.84. The number of carbonyl (C=O) groups excluding carboxylic acids is 1. The van der Waals surface area contributed by atoms with Gasteiger partial charge in [-0.2, -0.15) is 0 Å². The van der Waals surface area contributed by atoms with E-state index in [0.29, 0.717) is 11.9 Å². The first kappa shape index (κ1) is 13.6. The third-order valence-electron chi connectivity index (χ3n) is 4.71. The summed E-state index contributed by atoms with van der Waals surface area (Å²) in [6.45, 7) is 4.92. The van der Waals surface area contributed by atoms with E-state index in [0.717, 1.165) is 45.3 Å². The minimum absolute atomic E-state index is 0.229. The maximum atomic E-state index is 12.7. The summed E-state index contributed by atoms with van der Waals surface area (Å²) < 4.78 is 0. The molecule has 1 saturated heterocycles. The van der Waals surface area contributed by atoms with Crippen molar-refractivity contribution in [1.82, 2.24) is 10.2 Å². The molecule has 108 valence electrons.